The molecule has 0 saturated heterocycles. The number of ether oxygens (including phenoxy) is 1. The highest BCUT2D eigenvalue weighted by atomic mass is 32.2. The lowest BCUT2D eigenvalue weighted by atomic mass is 10.2. The number of unbranched alkanes of at least 4 members (excludes halogenated alkanes) is 1. The number of esters is 1. The number of hydrogen-bond donors (Lipinski definition) is 5. The Morgan fingerprint density at radius 1 is 1.16 bits per heavy atom. The van der Waals surface area contributed by atoms with Crippen molar-refractivity contribution in [2.75, 3.05) is 26.2 Å². The van der Waals surface area contributed by atoms with E-state index in [1.165, 1.54) is 18.2 Å². The molecule has 1 aromatic rings. The van der Waals surface area contributed by atoms with Gasteiger partial charge in [-0.2, -0.15) is 0 Å². The number of nitro groups is 1. The third kappa shape index (κ3) is 10.5. The number of rotatable bonds is 17. The van der Waals surface area contributed by atoms with Gasteiger partial charge in [-0.25, -0.2) is 4.72 Å². The third-order valence-electron chi connectivity index (χ3n) is 4.15. The number of carbonyl (C=O) groups excluding carboxylic acids is 1. The molecule has 178 valence electrons. The lowest BCUT2D eigenvalue weighted by molar-refractivity contribution is -0.387. The van der Waals surface area contributed by atoms with Crippen molar-refractivity contribution in [3.63, 3.8) is 0 Å². The number of carboxylic acid groups (broad SMARTS) is 2. The van der Waals surface area contributed by atoms with Gasteiger partial charge in [0.25, 0.3) is 5.69 Å². The molecule has 0 radical (unpaired) electrons. The second-order valence-electron chi connectivity index (χ2n) is 6.66. The zero-order chi connectivity index (χ0) is 23.9. The molecule has 2 atom stereocenters. The molecule has 0 spiro atoms. The molecule has 0 bridgehead atoms. The Hall–Kier alpha value is -2.74. The summed E-state index contributed by atoms with van der Waals surface area (Å²) in [4.78, 5) is 45.2. The molecule has 2 unspecified atom stereocenters. The second kappa shape index (κ2) is 15.1. The minimum absolute atomic E-state index is 0.0405. The van der Waals surface area contributed by atoms with Crippen molar-refractivity contribution in [2.45, 2.75) is 43.2 Å². The largest absolute Gasteiger partial charge is 0.480 e. The molecular formula is C19H28N4O8S. The van der Waals surface area contributed by atoms with E-state index in [0.29, 0.717) is 6.61 Å². The van der Waals surface area contributed by atoms with Crippen molar-refractivity contribution in [3.8, 4) is 0 Å². The predicted molar refractivity (Wildman–Crippen MR) is 116 cm³/mol. The van der Waals surface area contributed by atoms with Crippen LogP contribution in [0, 0.1) is 10.1 Å². The standard InChI is InChI=1S/C19H28N4O8S/c1-2-3-10-31-17(24)8-9-20-11-13(18(25)26)21-12-14(19(27)28)22-32-16-7-5-4-6-15(16)23(29)30/h4-7,13-14,20-22H,2-3,8-12H2,1H3,(H,25,26)(H,27,28). The number of nitrogens with zero attached hydrogens (tertiary/aromatic N) is 1. The van der Waals surface area contributed by atoms with Crippen LogP contribution < -0.4 is 15.4 Å². The van der Waals surface area contributed by atoms with Crippen LogP contribution in [0.5, 0.6) is 0 Å². The van der Waals surface area contributed by atoms with Crippen molar-refractivity contribution >= 4 is 35.5 Å². The molecule has 13 heteroatoms. The van der Waals surface area contributed by atoms with E-state index < -0.39 is 28.9 Å². The van der Waals surface area contributed by atoms with E-state index in [-0.39, 0.29) is 42.6 Å². The van der Waals surface area contributed by atoms with Crippen LogP contribution >= 0.6 is 11.9 Å². The topological polar surface area (TPSA) is 180 Å². The molecule has 12 nitrogen and oxygen atoms in total. The average Bonchev–Trinajstić information content (AvgIpc) is 2.74. The van der Waals surface area contributed by atoms with E-state index >= 15 is 0 Å². The minimum atomic E-state index is -1.25. The van der Waals surface area contributed by atoms with Crippen LogP contribution in [0.4, 0.5) is 5.69 Å². The number of hydrogen-bond acceptors (Lipinski definition) is 10. The Morgan fingerprint density at radius 2 is 1.84 bits per heavy atom. The zero-order valence-corrected chi connectivity index (χ0v) is 18.4. The van der Waals surface area contributed by atoms with Crippen LogP contribution in [0.2, 0.25) is 0 Å². The number of carboxylic acids is 2. The quantitative estimate of drug-likeness (QED) is 0.0715. The zero-order valence-electron chi connectivity index (χ0n) is 17.6. The van der Waals surface area contributed by atoms with E-state index in [1.807, 2.05) is 6.92 Å². The summed E-state index contributed by atoms with van der Waals surface area (Å²) in [6.45, 7) is 2.25. The number of benzene rings is 1. The van der Waals surface area contributed by atoms with Gasteiger partial charge in [-0.3, -0.25) is 24.5 Å². The van der Waals surface area contributed by atoms with E-state index in [0.717, 1.165) is 24.8 Å². The fourth-order valence-corrected chi connectivity index (χ4v) is 3.20. The van der Waals surface area contributed by atoms with Crippen molar-refractivity contribution < 1.29 is 34.3 Å². The van der Waals surface area contributed by atoms with Gasteiger partial charge < -0.3 is 25.6 Å². The van der Waals surface area contributed by atoms with E-state index in [1.54, 1.807) is 6.07 Å². The first kappa shape index (κ1) is 27.3. The second-order valence-corrected chi connectivity index (χ2v) is 7.54. The van der Waals surface area contributed by atoms with Gasteiger partial charge in [-0.05, 0) is 24.4 Å². The molecule has 0 saturated carbocycles. The Kier molecular flexibility index (Phi) is 12.9. The number of nitro benzene ring substituents is 1. The Morgan fingerprint density at radius 3 is 2.47 bits per heavy atom. The maximum Gasteiger partial charge on any atom is 0.322 e. The van der Waals surface area contributed by atoms with E-state index in [2.05, 4.69) is 15.4 Å². The van der Waals surface area contributed by atoms with Gasteiger partial charge in [0, 0.05) is 25.7 Å². The van der Waals surface area contributed by atoms with Crippen molar-refractivity contribution in [3.05, 3.63) is 34.4 Å². The van der Waals surface area contributed by atoms with Gasteiger partial charge in [-0.15, -0.1) is 0 Å². The van der Waals surface area contributed by atoms with Crippen molar-refractivity contribution in [1.82, 2.24) is 15.4 Å². The molecule has 0 aliphatic rings. The highest BCUT2D eigenvalue weighted by Gasteiger charge is 2.24. The summed E-state index contributed by atoms with van der Waals surface area (Å²) in [7, 11) is 0. The van der Waals surface area contributed by atoms with Gasteiger partial charge in [0.05, 0.1) is 18.0 Å². The van der Waals surface area contributed by atoms with Gasteiger partial charge in [-0.1, -0.05) is 25.5 Å². The smallest absolute Gasteiger partial charge is 0.322 e. The summed E-state index contributed by atoms with van der Waals surface area (Å²) in [5.41, 5.74) is -0.178. The summed E-state index contributed by atoms with van der Waals surface area (Å²) in [6.07, 6.45) is 1.77. The lowest BCUT2D eigenvalue weighted by Crippen LogP contribution is -2.51. The summed E-state index contributed by atoms with van der Waals surface area (Å²) < 4.78 is 7.61. The summed E-state index contributed by atoms with van der Waals surface area (Å²) in [5, 5.41) is 35.2. The molecule has 0 heterocycles. The molecule has 0 amide bonds. The molecule has 0 aromatic heterocycles. The van der Waals surface area contributed by atoms with Gasteiger partial charge >= 0.3 is 17.9 Å². The maximum atomic E-state index is 11.5. The van der Waals surface area contributed by atoms with Crippen molar-refractivity contribution in [1.29, 1.82) is 0 Å². The molecule has 1 aromatic carbocycles. The molecule has 0 aliphatic carbocycles. The van der Waals surface area contributed by atoms with E-state index in [4.69, 9.17) is 4.74 Å². The van der Waals surface area contributed by atoms with Crippen LogP contribution in [-0.4, -0.2) is 71.4 Å². The Balaban J connectivity index is 2.50. The first-order valence-corrected chi connectivity index (χ1v) is 10.8. The maximum absolute atomic E-state index is 11.5. The highest BCUT2D eigenvalue weighted by Crippen LogP contribution is 2.26. The van der Waals surface area contributed by atoms with Crippen LogP contribution in [0.25, 0.3) is 0 Å². The SMILES string of the molecule is CCCCOC(=O)CCNCC(NCC(NSc1ccccc1[N+](=O)[O-])C(=O)O)C(=O)O. The first-order valence-electron chi connectivity index (χ1n) is 9.97. The fourth-order valence-electron chi connectivity index (χ4n) is 2.35. The monoisotopic (exact) mass is 472 g/mol. The molecule has 5 N–H and O–H groups in total. The molecule has 0 aliphatic heterocycles. The lowest BCUT2D eigenvalue weighted by Gasteiger charge is -2.19. The van der Waals surface area contributed by atoms with Crippen LogP contribution in [0.1, 0.15) is 26.2 Å². The molecule has 1 rings (SSSR count). The van der Waals surface area contributed by atoms with Gasteiger partial charge in [0.2, 0.25) is 0 Å². The van der Waals surface area contributed by atoms with Gasteiger partial charge in [0.15, 0.2) is 0 Å². The normalized spacial score (nSPS) is 12.7. The number of aliphatic carboxylic acids is 2. The molecule has 0 fully saturated rings. The number of para-hydroxylation sites is 1. The molecule has 32 heavy (non-hydrogen) atoms. The third-order valence-corrected chi connectivity index (χ3v) is 5.12. The molecular weight excluding hydrogens is 444 g/mol. The predicted octanol–water partition coefficient (Wildman–Crippen LogP) is 1.01. The summed E-state index contributed by atoms with van der Waals surface area (Å²) in [6, 6.07) is 3.52. The summed E-state index contributed by atoms with van der Waals surface area (Å²) in [5.74, 6) is -2.83. The van der Waals surface area contributed by atoms with Crippen LogP contribution in [0.15, 0.2) is 29.2 Å². The summed E-state index contributed by atoms with van der Waals surface area (Å²) >= 11 is 0.778. The minimum Gasteiger partial charge on any atom is -0.480 e. The Bertz CT molecular complexity index is 779. The van der Waals surface area contributed by atoms with Crippen LogP contribution in [0.3, 0.4) is 0 Å². The highest BCUT2D eigenvalue weighted by molar-refractivity contribution is 7.97. The Labute approximate surface area is 189 Å². The fraction of sp³-hybridized carbons (Fsp3) is 0.526. The van der Waals surface area contributed by atoms with Crippen molar-refractivity contribution in [2.24, 2.45) is 0 Å². The number of nitrogens with one attached hydrogen (secondary N) is 3. The van der Waals surface area contributed by atoms with Gasteiger partial charge in [0.1, 0.15) is 17.0 Å². The van der Waals surface area contributed by atoms with E-state index in [9.17, 15) is 34.7 Å². The average molecular weight is 473 g/mol. The number of carbonyl (C=O) groups is 3. The first-order chi connectivity index (χ1) is 15.3. The van der Waals surface area contributed by atoms with Crippen LogP contribution in [-0.2, 0) is 19.1 Å².